The zero-order valence-corrected chi connectivity index (χ0v) is 23.4. The van der Waals surface area contributed by atoms with E-state index in [0.29, 0.717) is 33.6 Å². The summed E-state index contributed by atoms with van der Waals surface area (Å²) in [5, 5.41) is 34.7. The van der Waals surface area contributed by atoms with E-state index in [9.17, 15) is 15.0 Å². The van der Waals surface area contributed by atoms with Crippen LogP contribution in [-0.2, 0) is 11.3 Å². The molecule has 0 saturated heterocycles. The highest BCUT2D eigenvalue weighted by molar-refractivity contribution is 6.30. The molecule has 2 aromatic heterocycles. The molecule has 0 bridgehead atoms. The molecule has 0 saturated carbocycles. The van der Waals surface area contributed by atoms with Crippen molar-refractivity contribution >= 4 is 34.7 Å². The molecule has 2 aliphatic rings. The minimum Gasteiger partial charge on any atom is -0.497 e. The van der Waals surface area contributed by atoms with Crippen LogP contribution in [0, 0.1) is 5.82 Å². The second-order valence-corrected chi connectivity index (χ2v) is 10.3. The van der Waals surface area contributed by atoms with Crippen LogP contribution in [-0.4, -0.2) is 67.4 Å². The highest BCUT2D eigenvalue weighted by atomic mass is 35.5. The van der Waals surface area contributed by atoms with Crippen LogP contribution in [0.4, 0.5) is 4.39 Å². The average Bonchev–Trinajstić information content (AvgIpc) is 3.57. The first-order chi connectivity index (χ1) is 20.8. The van der Waals surface area contributed by atoms with E-state index in [0.717, 1.165) is 4.85 Å². The lowest BCUT2D eigenvalue weighted by Crippen LogP contribution is -2.39. The Labute approximate surface area is 249 Å². The molecule has 0 aliphatic carbocycles. The number of rotatable bonds is 8. The van der Waals surface area contributed by atoms with Gasteiger partial charge >= 0.3 is 6.02 Å². The molecule has 2 aromatic carbocycles. The fourth-order valence-electron chi connectivity index (χ4n) is 4.98. The van der Waals surface area contributed by atoms with E-state index < -0.39 is 30.0 Å². The van der Waals surface area contributed by atoms with E-state index in [1.807, 2.05) is 0 Å². The molecule has 3 atom stereocenters. The van der Waals surface area contributed by atoms with Crippen molar-refractivity contribution in [3.05, 3.63) is 94.0 Å². The number of aromatic nitrogens is 4. The minimum atomic E-state index is -1.27. The highest BCUT2D eigenvalue weighted by Gasteiger charge is 2.34. The number of carbonyl (C=O) groups is 1. The summed E-state index contributed by atoms with van der Waals surface area (Å²) in [7, 11) is 1.52. The van der Waals surface area contributed by atoms with Crippen molar-refractivity contribution in [2.45, 2.75) is 24.9 Å². The topological polar surface area (TPSA) is 159 Å². The second-order valence-electron chi connectivity index (χ2n) is 9.84. The Hall–Kier alpha value is -4.63. The smallest absolute Gasteiger partial charge is 0.320 e. The first kappa shape index (κ1) is 28.5. The fourth-order valence-corrected chi connectivity index (χ4v) is 5.21. The molecule has 0 fully saturated rings. The van der Waals surface area contributed by atoms with Gasteiger partial charge in [0.25, 0.3) is 0 Å². The maximum Gasteiger partial charge on any atom is 0.320 e. The summed E-state index contributed by atoms with van der Waals surface area (Å²) in [5.41, 5.74) is 2.45. The van der Waals surface area contributed by atoms with Crippen LogP contribution < -0.4 is 20.2 Å². The zero-order valence-electron chi connectivity index (χ0n) is 22.7. The molecule has 222 valence electrons. The first-order valence-electron chi connectivity index (χ1n) is 13.2. The van der Waals surface area contributed by atoms with Crippen LogP contribution in [0.15, 0.2) is 71.0 Å². The van der Waals surface area contributed by atoms with Crippen molar-refractivity contribution < 1.29 is 29.0 Å². The summed E-state index contributed by atoms with van der Waals surface area (Å²) in [6, 6.07) is 11.8. The van der Waals surface area contributed by atoms with Crippen molar-refractivity contribution in [3.63, 3.8) is 0 Å². The number of aliphatic imine (C=N–C) groups is 1. The highest BCUT2D eigenvalue weighted by Crippen LogP contribution is 2.38. The van der Waals surface area contributed by atoms with Gasteiger partial charge in [-0.15, -0.1) is 5.10 Å². The Kier molecular flexibility index (Phi) is 7.90. The van der Waals surface area contributed by atoms with E-state index in [4.69, 9.17) is 21.2 Å². The molecule has 2 aliphatic heterocycles. The third kappa shape index (κ3) is 5.72. The molecule has 4 aromatic rings. The van der Waals surface area contributed by atoms with Crippen molar-refractivity contribution in [1.82, 2.24) is 35.7 Å². The Morgan fingerprint density at radius 2 is 2.14 bits per heavy atom. The van der Waals surface area contributed by atoms with E-state index >= 15 is 4.39 Å². The van der Waals surface area contributed by atoms with E-state index in [-0.39, 0.29) is 36.3 Å². The number of hydrogen-bond acceptors (Lipinski definition) is 11. The predicted molar refractivity (Wildman–Crippen MR) is 152 cm³/mol. The maximum atomic E-state index is 15.4. The maximum absolute atomic E-state index is 15.4. The van der Waals surface area contributed by atoms with Crippen LogP contribution in [0.5, 0.6) is 5.75 Å². The van der Waals surface area contributed by atoms with Crippen LogP contribution in [0.25, 0.3) is 11.2 Å². The zero-order chi connectivity index (χ0) is 30.1. The number of fused-ring (bicyclic) bond motifs is 2. The number of hydrogen-bond donors (Lipinski definition) is 4. The predicted octanol–water partition coefficient (Wildman–Crippen LogP) is 1.84. The number of methoxy groups -OCH3 is 1. The second kappa shape index (κ2) is 11.9. The van der Waals surface area contributed by atoms with Gasteiger partial charge in [-0.25, -0.2) is 14.4 Å². The van der Waals surface area contributed by atoms with Gasteiger partial charge in [-0.2, -0.15) is 0 Å². The largest absolute Gasteiger partial charge is 0.497 e. The number of carbonyl (C=O) groups excluding carboxylic acids is 1. The van der Waals surface area contributed by atoms with Gasteiger partial charge in [0.05, 0.1) is 31.3 Å². The Morgan fingerprint density at radius 1 is 1.28 bits per heavy atom. The molecular formula is C28H26ClFN8O5. The molecule has 6 rings (SSSR count). The normalized spacial score (nSPS) is 18.8. The number of aliphatic hydroxyl groups excluding tert-OH is 2. The summed E-state index contributed by atoms with van der Waals surface area (Å²) in [4.78, 5) is 29.8. The van der Waals surface area contributed by atoms with E-state index in [1.54, 1.807) is 48.7 Å². The molecule has 43 heavy (non-hydrogen) atoms. The Balaban J connectivity index is 1.17. The summed E-state index contributed by atoms with van der Waals surface area (Å²) < 4.78 is 20.6. The first-order valence-corrected chi connectivity index (χ1v) is 13.6. The van der Waals surface area contributed by atoms with Gasteiger partial charge in [0.15, 0.2) is 0 Å². The van der Waals surface area contributed by atoms with Gasteiger partial charge < -0.3 is 30.4 Å². The summed E-state index contributed by atoms with van der Waals surface area (Å²) in [5.74, 6) is -0.455. The van der Waals surface area contributed by atoms with Crippen LogP contribution >= 0.6 is 11.6 Å². The third-order valence-electron chi connectivity index (χ3n) is 7.11. The van der Waals surface area contributed by atoms with Gasteiger partial charge in [0.2, 0.25) is 11.6 Å². The molecule has 13 nitrogen and oxygen atoms in total. The van der Waals surface area contributed by atoms with Crippen LogP contribution in [0.1, 0.15) is 40.6 Å². The average molecular weight is 609 g/mol. The van der Waals surface area contributed by atoms with Crippen molar-refractivity contribution in [2.75, 3.05) is 20.3 Å². The number of nitrogens with zero attached hydrogens (tertiary/aromatic N) is 6. The van der Waals surface area contributed by atoms with Gasteiger partial charge in [0, 0.05) is 30.1 Å². The van der Waals surface area contributed by atoms with Gasteiger partial charge in [-0.05, 0) is 57.6 Å². The summed E-state index contributed by atoms with van der Waals surface area (Å²) in [6.45, 7) is -0.589. The molecule has 4 N–H and O–H groups in total. The number of ether oxygens (including phenoxy) is 1. The van der Waals surface area contributed by atoms with Gasteiger partial charge in [0.1, 0.15) is 29.4 Å². The molecule has 4 heterocycles. The van der Waals surface area contributed by atoms with Crippen molar-refractivity contribution in [1.29, 1.82) is 0 Å². The third-order valence-corrected chi connectivity index (χ3v) is 7.42. The number of benzene rings is 2. The van der Waals surface area contributed by atoms with E-state index in [1.165, 1.54) is 24.3 Å². The lowest BCUT2D eigenvalue weighted by atomic mass is 9.99. The minimum absolute atomic E-state index is 0.00121. The van der Waals surface area contributed by atoms with Crippen molar-refractivity contribution in [3.8, 4) is 5.75 Å². The van der Waals surface area contributed by atoms with Crippen LogP contribution in [0.3, 0.4) is 0 Å². The molecule has 15 heteroatoms. The fraction of sp³-hybridized carbons (Fsp3) is 0.250. The standard InChI is InChI=1S/C28H26ClFN8O5/c1-42-17-5-2-4-15(8-17)23(14-39)33-24(40)13-37-12-19-18(27(37)41)9-16(10-21(19)30)25-20(29)11-32-28(34-25)43-38-26-22(35-36-38)6-3-7-31-26/h2-11,23,25,27,39,41H,12-14H2,1H3,(H,32,34)(H,33,40)/t23-,25?,27?/m1/s1. The lowest BCUT2D eigenvalue weighted by molar-refractivity contribution is -0.126. The Bertz CT molecular complexity index is 1750. The van der Waals surface area contributed by atoms with E-state index in [2.05, 4.69) is 30.9 Å². The lowest BCUT2D eigenvalue weighted by Gasteiger charge is -2.23. The SMILES string of the molecule is COc1cccc([C@@H](CO)NC(=O)CN2Cc3c(F)cc(C4N=C(On5nnc6cccnc65)NC=C4Cl)cc3C2O)c1. The number of aliphatic hydroxyl groups is 2. The summed E-state index contributed by atoms with van der Waals surface area (Å²) in [6.07, 6.45) is 1.76. The number of halogens is 2. The monoisotopic (exact) mass is 608 g/mol. The van der Waals surface area contributed by atoms with Gasteiger partial charge in [-0.3, -0.25) is 9.69 Å². The molecule has 0 radical (unpaired) electrons. The summed E-state index contributed by atoms with van der Waals surface area (Å²) >= 11 is 6.44. The van der Waals surface area contributed by atoms with Crippen LogP contribution in [0.2, 0.25) is 0 Å². The number of pyridine rings is 1. The Morgan fingerprint density at radius 3 is 2.95 bits per heavy atom. The number of amides is 1. The molecule has 2 unspecified atom stereocenters. The van der Waals surface area contributed by atoms with Gasteiger partial charge in [-0.1, -0.05) is 23.7 Å². The van der Waals surface area contributed by atoms with Crippen molar-refractivity contribution in [2.24, 2.45) is 4.99 Å². The molecule has 1 amide bonds. The number of nitrogens with one attached hydrogen (secondary N) is 2. The number of amidine groups is 1. The molecule has 0 spiro atoms. The molecular weight excluding hydrogens is 583 g/mol. The quantitative estimate of drug-likeness (QED) is 0.232.